The molecule has 2 aromatic rings. The zero-order valence-corrected chi connectivity index (χ0v) is 20.0. The molecule has 0 spiro atoms. The number of aryl methyl sites for hydroxylation is 1. The molecule has 1 saturated heterocycles. The molecule has 0 saturated carbocycles. The Morgan fingerprint density at radius 1 is 0.875 bits per heavy atom. The van der Waals surface area contributed by atoms with Crippen LogP contribution in [-0.2, 0) is 31.3 Å². The quantitative estimate of drug-likeness (QED) is 0.627. The first-order valence-corrected chi connectivity index (χ1v) is 13.4. The number of piperidine rings is 1. The molecular weight excluding hydrogens is 450 g/mol. The van der Waals surface area contributed by atoms with Gasteiger partial charge in [-0.15, -0.1) is 0 Å². The van der Waals surface area contributed by atoms with Gasteiger partial charge in [-0.1, -0.05) is 18.6 Å². The zero-order chi connectivity index (χ0) is 23.4. The molecule has 174 valence electrons. The smallest absolute Gasteiger partial charge is 0.243 e. The predicted octanol–water partition coefficient (Wildman–Crippen LogP) is 2.68. The summed E-state index contributed by atoms with van der Waals surface area (Å²) in [5.41, 5.74) is 1.38. The highest BCUT2D eigenvalue weighted by Gasteiger charge is 2.25. The highest BCUT2D eigenvalue weighted by atomic mass is 32.2. The van der Waals surface area contributed by atoms with Crippen LogP contribution in [0, 0.1) is 0 Å². The van der Waals surface area contributed by atoms with Gasteiger partial charge in [0.2, 0.25) is 26.0 Å². The summed E-state index contributed by atoms with van der Waals surface area (Å²) in [7, 11) is -4.06. The lowest BCUT2D eigenvalue weighted by atomic mass is 10.1. The van der Waals surface area contributed by atoms with Crippen molar-refractivity contribution >= 4 is 31.6 Å². The fraction of sp³-hybridized carbons (Fsp3) is 0.409. The Hall–Kier alpha value is -2.27. The number of nitrogens with one attached hydrogen (secondary N) is 1. The minimum absolute atomic E-state index is 0.153. The van der Waals surface area contributed by atoms with Crippen molar-refractivity contribution < 1.29 is 21.6 Å². The SMILES string of the molecule is CN(C)S(=O)(=O)c1ccc(NC(=O)CCc2ccc(S(=O)(=O)N3CCCCC3)cc2)cc1. The van der Waals surface area contributed by atoms with Crippen LogP contribution in [0.5, 0.6) is 0 Å². The Bertz CT molecular complexity index is 1140. The lowest BCUT2D eigenvalue weighted by Gasteiger charge is -2.25. The van der Waals surface area contributed by atoms with Crippen molar-refractivity contribution in [3.05, 3.63) is 54.1 Å². The van der Waals surface area contributed by atoms with Crippen molar-refractivity contribution in [1.82, 2.24) is 8.61 Å². The molecular formula is C22H29N3O5S2. The zero-order valence-electron chi connectivity index (χ0n) is 18.3. The summed E-state index contributed by atoms with van der Waals surface area (Å²) >= 11 is 0. The summed E-state index contributed by atoms with van der Waals surface area (Å²) < 4.78 is 52.3. The second kappa shape index (κ2) is 10.1. The maximum absolute atomic E-state index is 12.7. The van der Waals surface area contributed by atoms with Gasteiger partial charge in [0, 0.05) is 39.3 Å². The molecule has 1 fully saturated rings. The molecule has 0 radical (unpaired) electrons. The van der Waals surface area contributed by atoms with Gasteiger partial charge >= 0.3 is 0 Å². The Labute approximate surface area is 190 Å². The van der Waals surface area contributed by atoms with Crippen molar-refractivity contribution in [2.75, 3.05) is 32.5 Å². The predicted molar refractivity (Wildman–Crippen MR) is 123 cm³/mol. The van der Waals surface area contributed by atoms with Gasteiger partial charge in [-0.05, 0) is 61.2 Å². The lowest BCUT2D eigenvalue weighted by Crippen LogP contribution is -2.35. The molecule has 3 rings (SSSR count). The highest BCUT2D eigenvalue weighted by molar-refractivity contribution is 7.89. The molecule has 1 aliphatic heterocycles. The van der Waals surface area contributed by atoms with Gasteiger partial charge in [-0.2, -0.15) is 4.31 Å². The fourth-order valence-corrected chi connectivity index (χ4v) is 5.90. The summed E-state index contributed by atoms with van der Waals surface area (Å²) in [4.78, 5) is 12.7. The number of benzene rings is 2. The van der Waals surface area contributed by atoms with Crippen molar-refractivity contribution in [3.63, 3.8) is 0 Å². The molecule has 2 aromatic carbocycles. The molecule has 1 aliphatic rings. The third-order valence-corrected chi connectivity index (χ3v) is 9.18. The van der Waals surface area contributed by atoms with Crippen molar-refractivity contribution in [1.29, 1.82) is 0 Å². The molecule has 10 heteroatoms. The first kappa shape index (κ1) is 24.4. The van der Waals surface area contributed by atoms with E-state index in [-0.39, 0.29) is 22.1 Å². The standard InChI is InChI=1S/C22H29N3O5S2/c1-24(2)31(27,28)20-13-9-19(10-14-20)23-22(26)15-8-18-6-11-21(12-7-18)32(29,30)25-16-4-3-5-17-25/h6-7,9-14H,3-5,8,15-17H2,1-2H3,(H,23,26). The second-order valence-corrected chi connectivity index (χ2v) is 12.1. The van der Waals surface area contributed by atoms with Gasteiger partial charge in [-0.25, -0.2) is 21.1 Å². The van der Waals surface area contributed by atoms with E-state index in [4.69, 9.17) is 0 Å². The summed E-state index contributed by atoms with van der Waals surface area (Å²) in [6.45, 7) is 1.12. The molecule has 0 atom stereocenters. The topological polar surface area (TPSA) is 104 Å². The van der Waals surface area contributed by atoms with E-state index in [1.165, 1.54) is 30.5 Å². The van der Waals surface area contributed by atoms with Crippen molar-refractivity contribution in [2.24, 2.45) is 0 Å². The van der Waals surface area contributed by atoms with Crippen LogP contribution in [0.15, 0.2) is 58.3 Å². The van der Waals surface area contributed by atoms with E-state index in [0.717, 1.165) is 29.1 Å². The van der Waals surface area contributed by atoms with E-state index in [9.17, 15) is 21.6 Å². The minimum atomic E-state index is -3.52. The number of rotatable bonds is 8. The molecule has 0 unspecified atom stereocenters. The summed E-state index contributed by atoms with van der Waals surface area (Å²) in [6, 6.07) is 12.7. The van der Waals surface area contributed by atoms with Crippen LogP contribution in [0.2, 0.25) is 0 Å². The molecule has 0 aliphatic carbocycles. The number of amides is 1. The maximum Gasteiger partial charge on any atom is 0.243 e. The third kappa shape index (κ3) is 5.74. The van der Waals surface area contributed by atoms with Crippen LogP contribution < -0.4 is 5.32 Å². The normalized spacial score (nSPS) is 15.6. The number of nitrogens with zero attached hydrogens (tertiary/aromatic N) is 2. The summed E-state index contributed by atoms with van der Waals surface area (Å²) in [5.74, 6) is -0.210. The maximum atomic E-state index is 12.7. The van der Waals surface area contributed by atoms with Crippen molar-refractivity contribution in [3.8, 4) is 0 Å². The largest absolute Gasteiger partial charge is 0.326 e. The van der Waals surface area contributed by atoms with Crippen LogP contribution in [-0.4, -0.2) is 58.5 Å². The minimum Gasteiger partial charge on any atom is -0.326 e. The number of carbonyl (C=O) groups is 1. The van der Waals surface area contributed by atoms with Gasteiger partial charge in [0.1, 0.15) is 0 Å². The number of hydrogen-bond donors (Lipinski definition) is 1. The Kier molecular flexibility index (Phi) is 7.71. The number of sulfonamides is 2. The van der Waals surface area contributed by atoms with E-state index >= 15 is 0 Å². The first-order valence-electron chi connectivity index (χ1n) is 10.5. The van der Waals surface area contributed by atoms with Crippen LogP contribution in [0.3, 0.4) is 0 Å². The van der Waals surface area contributed by atoms with Crippen LogP contribution in [0.25, 0.3) is 0 Å². The van der Waals surface area contributed by atoms with E-state index in [1.54, 1.807) is 36.4 Å². The molecule has 0 aromatic heterocycles. The van der Waals surface area contributed by atoms with Crippen LogP contribution in [0.4, 0.5) is 5.69 Å². The number of hydrogen-bond acceptors (Lipinski definition) is 5. The van der Waals surface area contributed by atoms with E-state index in [1.807, 2.05) is 0 Å². The molecule has 0 bridgehead atoms. The number of anilines is 1. The van der Waals surface area contributed by atoms with Crippen molar-refractivity contribution in [2.45, 2.75) is 41.9 Å². The lowest BCUT2D eigenvalue weighted by molar-refractivity contribution is -0.116. The first-order chi connectivity index (χ1) is 15.1. The van der Waals surface area contributed by atoms with Gasteiger partial charge < -0.3 is 5.32 Å². The Morgan fingerprint density at radius 2 is 1.44 bits per heavy atom. The molecule has 1 N–H and O–H groups in total. The third-order valence-electron chi connectivity index (χ3n) is 5.43. The second-order valence-electron chi connectivity index (χ2n) is 7.97. The van der Waals surface area contributed by atoms with Crippen LogP contribution >= 0.6 is 0 Å². The molecule has 1 amide bonds. The van der Waals surface area contributed by atoms with E-state index in [0.29, 0.717) is 25.2 Å². The summed E-state index contributed by atoms with van der Waals surface area (Å²) in [6.07, 6.45) is 3.52. The van der Waals surface area contributed by atoms with E-state index < -0.39 is 20.0 Å². The fourth-order valence-electron chi connectivity index (χ4n) is 3.48. The van der Waals surface area contributed by atoms with Gasteiger partial charge in [0.05, 0.1) is 9.79 Å². The average Bonchev–Trinajstić information content (AvgIpc) is 2.79. The monoisotopic (exact) mass is 479 g/mol. The molecule has 8 nitrogen and oxygen atoms in total. The molecule has 32 heavy (non-hydrogen) atoms. The van der Waals surface area contributed by atoms with Gasteiger partial charge in [0.15, 0.2) is 0 Å². The van der Waals surface area contributed by atoms with Gasteiger partial charge in [-0.3, -0.25) is 4.79 Å². The molecule has 1 heterocycles. The van der Waals surface area contributed by atoms with Crippen LogP contribution in [0.1, 0.15) is 31.2 Å². The van der Waals surface area contributed by atoms with E-state index in [2.05, 4.69) is 5.32 Å². The van der Waals surface area contributed by atoms with Gasteiger partial charge in [0.25, 0.3) is 0 Å². The summed E-state index contributed by atoms with van der Waals surface area (Å²) in [5, 5.41) is 2.75. The highest BCUT2D eigenvalue weighted by Crippen LogP contribution is 2.21. The Morgan fingerprint density at radius 3 is 2.00 bits per heavy atom. The Balaban J connectivity index is 1.55. The average molecular weight is 480 g/mol. The number of carbonyl (C=O) groups excluding carboxylic acids is 1.